The third-order valence-corrected chi connectivity index (χ3v) is 4.69. The number of esters is 1. The second-order valence-corrected chi connectivity index (χ2v) is 6.47. The normalized spacial score (nSPS) is 20.9. The van der Waals surface area contributed by atoms with Crippen molar-refractivity contribution in [2.24, 2.45) is 11.8 Å². The molecule has 2 aromatic carbocycles. The molecule has 3 rings (SSSR count). The average molecular weight is 335 g/mol. The number of carbonyl (C=O) groups is 1. The summed E-state index contributed by atoms with van der Waals surface area (Å²) in [6, 6.07) is 15.6. The summed E-state index contributed by atoms with van der Waals surface area (Å²) in [4.78, 5) is 12.1. The minimum atomic E-state index is -0.154. The Morgan fingerprint density at radius 1 is 1.05 bits per heavy atom. The summed E-state index contributed by atoms with van der Waals surface area (Å²) in [7, 11) is 0. The van der Waals surface area contributed by atoms with Crippen LogP contribution in [0.5, 0.6) is 0 Å². The lowest BCUT2D eigenvalue weighted by atomic mass is 9.85. The third kappa shape index (κ3) is 3.45. The van der Waals surface area contributed by atoms with Crippen molar-refractivity contribution in [1.29, 1.82) is 0 Å². The molecule has 2 aromatic rings. The second kappa shape index (κ2) is 6.72. The van der Waals surface area contributed by atoms with Crippen molar-refractivity contribution in [3.8, 4) is 0 Å². The molecule has 1 aliphatic rings. The topological polar surface area (TPSA) is 26.3 Å². The highest BCUT2D eigenvalue weighted by molar-refractivity contribution is 6.35. The van der Waals surface area contributed by atoms with Gasteiger partial charge in [0, 0.05) is 16.0 Å². The van der Waals surface area contributed by atoms with Crippen LogP contribution in [0.15, 0.2) is 48.5 Å². The molecule has 1 fully saturated rings. The molecule has 1 saturated heterocycles. The van der Waals surface area contributed by atoms with Gasteiger partial charge in [-0.05, 0) is 36.1 Å². The largest absolute Gasteiger partial charge is 0.465 e. The zero-order chi connectivity index (χ0) is 15.5. The first-order valence-corrected chi connectivity index (χ1v) is 8.03. The van der Waals surface area contributed by atoms with E-state index < -0.39 is 0 Å². The maximum Gasteiger partial charge on any atom is 0.309 e. The molecule has 0 radical (unpaired) electrons. The number of benzene rings is 2. The molecule has 0 bridgehead atoms. The van der Waals surface area contributed by atoms with Crippen LogP contribution in [0.3, 0.4) is 0 Å². The van der Waals surface area contributed by atoms with Crippen LogP contribution in [0.1, 0.15) is 11.1 Å². The standard InChI is InChI=1S/C18H16Cl2O2/c19-15-7-6-13(17(20)10-15)9-16-14(11-22-18(16)21)8-12-4-2-1-3-5-12/h1-7,10,14,16H,8-9,11H2/t14-,16+/m0/s1. The van der Waals surface area contributed by atoms with Gasteiger partial charge in [0.1, 0.15) is 0 Å². The van der Waals surface area contributed by atoms with Crippen molar-refractivity contribution < 1.29 is 9.53 Å². The summed E-state index contributed by atoms with van der Waals surface area (Å²) >= 11 is 12.1. The summed E-state index contributed by atoms with van der Waals surface area (Å²) in [5.41, 5.74) is 2.16. The van der Waals surface area contributed by atoms with E-state index in [1.165, 1.54) is 5.56 Å². The fourth-order valence-corrected chi connectivity index (χ4v) is 3.38. The Morgan fingerprint density at radius 2 is 1.82 bits per heavy atom. The van der Waals surface area contributed by atoms with E-state index in [-0.39, 0.29) is 17.8 Å². The van der Waals surface area contributed by atoms with E-state index in [2.05, 4.69) is 12.1 Å². The monoisotopic (exact) mass is 334 g/mol. The fraction of sp³-hybridized carbons (Fsp3) is 0.278. The predicted molar refractivity (Wildman–Crippen MR) is 88.3 cm³/mol. The van der Waals surface area contributed by atoms with E-state index in [1.54, 1.807) is 12.1 Å². The van der Waals surface area contributed by atoms with Gasteiger partial charge in [-0.25, -0.2) is 0 Å². The van der Waals surface area contributed by atoms with Crippen LogP contribution in [0.25, 0.3) is 0 Å². The van der Waals surface area contributed by atoms with Gasteiger partial charge in [-0.3, -0.25) is 4.79 Å². The summed E-state index contributed by atoms with van der Waals surface area (Å²) < 4.78 is 5.28. The Morgan fingerprint density at radius 3 is 2.55 bits per heavy atom. The van der Waals surface area contributed by atoms with Crippen LogP contribution in [0, 0.1) is 11.8 Å². The van der Waals surface area contributed by atoms with E-state index >= 15 is 0 Å². The van der Waals surface area contributed by atoms with Gasteiger partial charge in [-0.2, -0.15) is 0 Å². The maximum absolute atomic E-state index is 12.1. The number of rotatable bonds is 4. The Kier molecular flexibility index (Phi) is 4.70. The Labute approximate surface area is 140 Å². The van der Waals surface area contributed by atoms with Crippen LogP contribution in [-0.2, 0) is 22.4 Å². The Balaban J connectivity index is 1.76. The summed E-state index contributed by atoms with van der Waals surface area (Å²) in [6.07, 6.45) is 1.43. The number of carbonyl (C=O) groups excluding carboxylic acids is 1. The van der Waals surface area contributed by atoms with Crippen molar-refractivity contribution in [1.82, 2.24) is 0 Å². The summed E-state index contributed by atoms with van der Waals surface area (Å²) in [5, 5.41) is 1.20. The van der Waals surface area contributed by atoms with E-state index in [9.17, 15) is 4.79 Å². The molecule has 2 atom stereocenters. The highest BCUT2D eigenvalue weighted by atomic mass is 35.5. The van der Waals surface area contributed by atoms with Gasteiger partial charge in [0.05, 0.1) is 12.5 Å². The molecule has 0 amide bonds. The van der Waals surface area contributed by atoms with Crippen molar-refractivity contribution >= 4 is 29.2 Å². The molecule has 22 heavy (non-hydrogen) atoms. The van der Waals surface area contributed by atoms with E-state index in [0.717, 1.165) is 12.0 Å². The minimum Gasteiger partial charge on any atom is -0.465 e. The molecule has 114 valence electrons. The predicted octanol–water partition coefficient (Wildman–Crippen LogP) is 4.57. The molecular formula is C18H16Cl2O2. The van der Waals surface area contributed by atoms with Crippen molar-refractivity contribution in [3.05, 3.63) is 69.7 Å². The van der Waals surface area contributed by atoms with Crippen LogP contribution >= 0.6 is 23.2 Å². The molecule has 0 aliphatic carbocycles. The molecule has 0 unspecified atom stereocenters. The van der Waals surface area contributed by atoms with E-state index in [4.69, 9.17) is 27.9 Å². The zero-order valence-corrected chi connectivity index (χ0v) is 13.5. The Hall–Kier alpha value is -1.51. The average Bonchev–Trinajstić information content (AvgIpc) is 2.84. The summed E-state index contributed by atoms with van der Waals surface area (Å²) in [5.74, 6) is -0.104. The van der Waals surface area contributed by atoms with Crippen molar-refractivity contribution in [2.75, 3.05) is 6.61 Å². The molecule has 0 spiro atoms. The quantitative estimate of drug-likeness (QED) is 0.765. The lowest BCUT2D eigenvalue weighted by Gasteiger charge is -2.16. The number of hydrogen-bond acceptors (Lipinski definition) is 2. The molecule has 0 saturated carbocycles. The summed E-state index contributed by atoms with van der Waals surface area (Å²) in [6.45, 7) is 0.476. The molecular weight excluding hydrogens is 319 g/mol. The third-order valence-electron chi connectivity index (χ3n) is 4.11. The van der Waals surface area contributed by atoms with Gasteiger partial charge in [-0.15, -0.1) is 0 Å². The van der Waals surface area contributed by atoms with Gasteiger partial charge >= 0.3 is 5.97 Å². The van der Waals surface area contributed by atoms with Crippen LogP contribution in [0.2, 0.25) is 10.0 Å². The highest BCUT2D eigenvalue weighted by Crippen LogP contribution is 2.32. The lowest BCUT2D eigenvalue weighted by molar-refractivity contribution is -0.141. The van der Waals surface area contributed by atoms with E-state index in [1.807, 2.05) is 24.3 Å². The van der Waals surface area contributed by atoms with Gasteiger partial charge in [0.15, 0.2) is 0 Å². The van der Waals surface area contributed by atoms with Gasteiger partial charge in [0.25, 0.3) is 0 Å². The number of ether oxygens (including phenoxy) is 1. The number of cyclic esters (lactones) is 1. The van der Waals surface area contributed by atoms with Crippen molar-refractivity contribution in [3.63, 3.8) is 0 Å². The first-order valence-electron chi connectivity index (χ1n) is 7.28. The zero-order valence-electron chi connectivity index (χ0n) is 12.0. The SMILES string of the molecule is O=C1OC[C@H](Cc2ccccc2)[C@H]1Cc1ccc(Cl)cc1Cl. The van der Waals surface area contributed by atoms with Gasteiger partial charge in [0.2, 0.25) is 0 Å². The fourth-order valence-electron chi connectivity index (χ4n) is 2.90. The minimum absolute atomic E-state index is 0.132. The lowest BCUT2D eigenvalue weighted by Crippen LogP contribution is -2.20. The van der Waals surface area contributed by atoms with Crippen LogP contribution < -0.4 is 0 Å². The van der Waals surface area contributed by atoms with E-state index in [0.29, 0.717) is 23.1 Å². The second-order valence-electron chi connectivity index (χ2n) is 5.63. The first-order chi connectivity index (χ1) is 10.6. The molecule has 1 aliphatic heterocycles. The molecule has 2 nitrogen and oxygen atoms in total. The van der Waals surface area contributed by atoms with Gasteiger partial charge in [-0.1, -0.05) is 59.6 Å². The number of hydrogen-bond donors (Lipinski definition) is 0. The van der Waals surface area contributed by atoms with Crippen LogP contribution in [0.4, 0.5) is 0 Å². The van der Waals surface area contributed by atoms with Gasteiger partial charge < -0.3 is 4.74 Å². The molecule has 0 aromatic heterocycles. The Bertz CT molecular complexity index is 670. The smallest absolute Gasteiger partial charge is 0.309 e. The van der Waals surface area contributed by atoms with Crippen molar-refractivity contribution in [2.45, 2.75) is 12.8 Å². The maximum atomic E-state index is 12.1. The van der Waals surface area contributed by atoms with Crippen LogP contribution in [-0.4, -0.2) is 12.6 Å². The molecule has 0 N–H and O–H groups in total. The first kappa shape index (κ1) is 15.4. The molecule has 4 heteroatoms. The number of halogens is 2. The highest BCUT2D eigenvalue weighted by Gasteiger charge is 2.37. The molecule has 1 heterocycles.